The first-order valence-electron chi connectivity index (χ1n) is 3.39. The van der Waals surface area contributed by atoms with Gasteiger partial charge in [-0.1, -0.05) is 12.2 Å². The molecule has 0 atom stereocenters. The summed E-state index contributed by atoms with van der Waals surface area (Å²) in [4.78, 5) is 15.4. The fraction of sp³-hybridized carbons (Fsp3) is 0.143. The third-order valence-corrected chi connectivity index (χ3v) is 1.41. The van der Waals surface area contributed by atoms with Gasteiger partial charge in [-0.05, 0) is 5.37 Å². The van der Waals surface area contributed by atoms with Crippen LogP contribution >= 0.6 is 12.2 Å². The van der Waals surface area contributed by atoms with Crippen molar-refractivity contribution in [2.24, 2.45) is 0 Å². The summed E-state index contributed by atoms with van der Waals surface area (Å²) in [6.45, 7) is 0. The largest absolute Gasteiger partial charge is 0.492 e. The van der Waals surface area contributed by atoms with E-state index in [0.717, 1.165) is 0 Å². The van der Waals surface area contributed by atoms with Crippen molar-refractivity contribution in [2.45, 2.75) is 6.42 Å². The second kappa shape index (κ2) is 3.90. The molecule has 0 fully saturated rings. The molecule has 0 aliphatic heterocycles. The second-order valence-corrected chi connectivity index (χ2v) is 2.51. The van der Waals surface area contributed by atoms with Crippen molar-refractivity contribution >= 4 is 23.6 Å². The van der Waals surface area contributed by atoms with Gasteiger partial charge in [0.2, 0.25) is 11.8 Å². The highest BCUT2D eigenvalue weighted by Crippen LogP contribution is 2.18. The van der Waals surface area contributed by atoms with Gasteiger partial charge in [-0.3, -0.25) is 0 Å². The van der Waals surface area contributed by atoms with E-state index in [0.29, 0.717) is 4.73 Å². The Morgan fingerprint density at radius 3 is 2.54 bits per heavy atom. The van der Waals surface area contributed by atoms with Gasteiger partial charge in [-0.15, -0.1) is 4.73 Å². The van der Waals surface area contributed by atoms with Gasteiger partial charge in [-0.2, -0.15) is 0 Å². The number of carbonyl (C=O) groups excluding carboxylic acids is 1. The maximum Gasteiger partial charge on any atom is 0.337 e. The summed E-state index contributed by atoms with van der Waals surface area (Å²) in [6, 6.07) is 2.39. The van der Waals surface area contributed by atoms with Crippen LogP contribution in [0.4, 0.5) is 0 Å². The highest BCUT2D eigenvalue weighted by atomic mass is 32.1. The van der Waals surface area contributed by atoms with Gasteiger partial charge >= 0.3 is 5.97 Å². The summed E-state index contributed by atoms with van der Waals surface area (Å²) in [5, 5.41) is 19.3. The van der Waals surface area contributed by atoms with E-state index in [4.69, 9.17) is 10.2 Å². The van der Waals surface area contributed by atoms with Crippen LogP contribution in [0.5, 0.6) is 11.8 Å². The van der Waals surface area contributed by atoms with E-state index >= 15 is 0 Å². The minimum absolute atomic E-state index is 0.0631. The molecular formula is C7H7NO4S. The summed E-state index contributed by atoms with van der Waals surface area (Å²) in [5.74, 6) is -1.36. The smallest absolute Gasteiger partial charge is 0.337 e. The van der Waals surface area contributed by atoms with Gasteiger partial charge in [0.1, 0.15) is 0 Å². The fourth-order valence-electron chi connectivity index (χ4n) is 0.702. The van der Waals surface area contributed by atoms with Gasteiger partial charge in [-0.25, -0.2) is 4.79 Å². The average molecular weight is 201 g/mol. The lowest BCUT2D eigenvalue weighted by molar-refractivity contribution is -0.143. The minimum atomic E-state index is -0.656. The third-order valence-electron chi connectivity index (χ3n) is 1.24. The van der Waals surface area contributed by atoms with E-state index in [1.807, 2.05) is 0 Å². The molecule has 0 saturated carbocycles. The standard InChI is InChI=1S/C7H7NO4S/c9-5-1-2-6(10)8(5)12-7(11)3-4-13/h1-2,4,9-10H,3H2. The Bertz CT molecular complexity index is 314. The summed E-state index contributed by atoms with van der Waals surface area (Å²) in [6.07, 6.45) is -0.0631. The van der Waals surface area contributed by atoms with Crippen molar-refractivity contribution in [3.05, 3.63) is 12.1 Å². The van der Waals surface area contributed by atoms with Crippen LogP contribution in [-0.4, -0.2) is 26.3 Å². The number of nitrogens with zero attached hydrogens (tertiary/aromatic N) is 1. The molecule has 0 aromatic carbocycles. The molecule has 1 rings (SSSR count). The van der Waals surface area contributed by atoms with E-state index in [1.165, 1.54) is 17.5 Å². The van der Waals surface area contributed by atoms with Crippen LogP contribution in [0.15, 0.2) is 12.1 Å². The highest BCUT2D eigenvalue weighted by molar-refractivity contribution is 7.79. The van der Waals surface area contributed by atoms with Crippen LogP contribution in [0.2, 0.25) is 0 Å². The Balaban J connectivity index is 2.73. The number of aromatic hydroxyl groups is 2. The van der Waals surface area contributed by atoms with E-state index in [1.54, 1.807) is 0 Å². The predicted octanol–water partition coefficient (Wildman–Crippen LogP) is 0.244. The van der Waals surface area contributed by atoms with Gasteiger partial charge in [0.05, 0.1) is 6.42 Å². The molecule has 1 heterocycles. The number of rotatable bonds is 3. The predicted molar refractivity (Wildman–Crippen MR) is 47.6 cm³/mol. The molecule has 0 aliphatic carbocycles. The maximum atomic E-state index is 10.9. The number of hydrogen-bond donors (Lipinski definition) is 2. The van der Waals surface area contributed by atoms with Crippen LogP contribution in [0, 0.1) is 0 Å². The molecular weight excluding hydrogens is 194 g/mol. The van der Waals surface area contributed by atoms with Crippen LogP contribution in [-0.2, 0) is 4.79 Å². The Hall–Kier alpha value is -1.56. The van der Waals surface area contributed by atoms with Gasteiger partial charge in [0, 0.05) is 12.1 Å². The molecule has 13 heavy (non-hydrogen) atoms. The fourth-order valence-corrected chi connectivity index (χ4v) is 0.839. The molecule has 0 spiro atoms. The summed E-state index contributed by atoms with van der Waals surface area (Å²) in [5.41, 5.74) is 0. The molecule has 0 radical (unpaired) electrons. The lowest BCUT2D eigenvalue weighted by Crippen LogP contribution is -2.18. The van der Waals surface area contributed by atoms with E-state index in [9.17, 15) is 4.79 Å². The molecule has 0 unspecified atom stereocenters. The number of aromatic nitrogens is 1. The maximum absolute atomic E-state index is 10.9. The average Bonchev–Trinajstić information content (AvgIpc) is 2.36. The number of hydrogen-bond acceptors (Lipinski definition) is 5. The zero-order chi connectivity index (χ0) is 9.84. The van der Waals surface area contributed by atoms with Gasteiger partial charge in [0.15, 0.2) is 0 Å². The van der Waals surface area contributed by atoms with Crippen molar-refractivity contribution in [1.82, 2.24) is 4.73 Å². The first kappa shape index (κ1) is 9.53. The molecule has 0 bridgehead atoms. The molecule has 5 nitrogen and oxygen atoms in total. The minimum Gasteiger partial charge on any atom is -0.492 e. The first-order chi connectivity index (χ1) is 6.15. The SMILES string of the molecule is O=C(CC=S)On1c(O)ccc1O. The second-order valence-electron chi connectivity index (χ2n) is 2.18. The summed E-state index contributed by atoms with van der Waals surface area (Å²) >= 11 is 4.43. The zero-order valence-electron chi connectivity index (χ0n) is 6.51. The quantitative estimate of drug-likeness (QED) is 0.685. The molecule has 2 N–H and O–H groups in total. The molecule has 1 aromatic heterocycles. The number of carbonyl (C=O) groups is 1. The molecule has 0 saturated heterocycles. The van der Waals surface area contributed by atoms with Crippen LogP contribution in [0.25, 0.3) is 0 Å². The van der Waals surface area contributed by atoms with Gasteiger partial charge in [0.25, 0.3) is 0 Å². The zero-order valence-corrected chi connectivity index (χ0v) is 7.32. The van der Waals surface area contributed by atoms with E-state index in [2.05, 4.69) is 17.1 Å². The first-order valence-corrected chi connectivity index (χ1v) is 3.86. The van der Waals surface area contributed by atoms with E-state index in [-0.39, 0.29) is 18.2 Å². The Morgan fingerprint density at radius 1 is 1.54 bits per heavy atom. The van der Waals surface area contributed by atoms with Gasteiger partial charge < -0.3 is 15.1 Å². The lowest BCUT2D eigenvalue weighted by Gasteiger charge is -2.04. The number of thiocarbonyl (C=S) groups is 1. The Morgan fingerprint density at radius 2 is 2.08 bits per heavy atom. The summed E-state index contributed by atoms with van der Waals surface area (Å²) in [7, 11) is 0. The van der Waals surface area contributed by atoms with Crippen LogP contribution in [0.1, 0.15) is 6.42 Å². The Labute approximate surface area is 79.1 Å². The van der Waals surface area contributed by atoms with E-state index < -0.39 is 5.97 Å². The Kier molecular flexibility index (Phi) is 2.86. The lowest BCUT2D eigenvalue weighted by atomic mass is 10.5. The van der Waals surface area contributed by atoms with Crippen molar-refractivity contribution in [3.63, 3.8) is 0 Å². The van der Waals surface area contributed by atoms with Crippen molar-refractivity contribution < 1.29 is 19.8 Å². The van der Waals surface area contributed by atoms with Crippen molar-refractivity contribution in [2.75, 3.05) is 0 Å². The van der Waals surface area contributed by atoms with Crippen LogP contribution < -0.4 is 4.84 Å². The summed E-state index contributed by atoms with van der Waals surface area (Å²) < 4.78 is 0.612. The van der Waals surface area contributed by atoms with Crippen molar-refractivity contribution in [3.8, 4) is 11.8 Å². The molecule has 6 heteroatoms. The topological polar surface area (TPSA) is 71.7 Å². The highest BCUT2D eigenvalue weighted by Gasteiger charge is 2.10. The molecule has 1 aromatic rings. The molecule has 70 valence electrons. The van der Waals surface area contributed by atoms with Crippen molar-refractivity contribution in [1.29, 1.82) is 0 Å². The van der Waals surface area contributed by atoms with Crippen LogP contribution in [0.3, 0.4) is 0 Å². The molecule has 0 amide bonds. The third kappa shape index (κ3) is 2.19. The molecule has 0 aliphatic rings. The monoisotopic (exact) mass is 201 g/mol. The normalized spacial score (nSPS) is 9.54.